The number of piperazine rings is 1. The average Bonchev–Trinajstić information content (AvgIpc) is 2.55. The van der Waals surface area contributed by atoms with E-state index >= 15 is 0 Å². The van der Waals surface area contributed by atoms with Crippen LogP contribution >= 0.6 is 0 Å². The van der Waals surface area contributed by atoms with Crippen molar-refractivity contribution < 1.29 is 5.11 Å². The first-order valence-corrected chi connectivity index (χ1v) is 7.66. The number of anilines is 1. The van der Waals surface area contributed by atoms with E-state index < -0.39 is 0 Å². The topological polar surface area (TPSA) is 52.5 Å². The van der Waals surface area contributed by atoms with Crippen LogP contribution < -0.4 is 4.90 Å². The highest BCUT2D eigenvalue weighted by atomic mass is 16.2. The molecule has 0 atom stereocenters. The lowest BCUT2D eigenvalue weighted by Crippen LogP contribution is -2.46. The number of benzene rings is 1. The first-order chi connectivity index (χ1) is 10.4. The van der Waals surface area contributed by atoms with E-state index in [0.717, 1.165) is 56.6 Å². The van der Waals surface area contributed by atoms with Gasteiger partial charge < -0.3 is 10.0 Å². The summed E-state index contributed by atoms with van der Waals surface area (Å²) in [4.78, 5) is 13.7. The van der Waals surface area contributed by atoms with Crippen molar-refractivity contribution in [3.05, 3.63) is 30.6 Å². The van der Waals surface area contributed by atoms with Crippen molar-refractivity contribution in [1.29, 1.82) is 0 Å². The summed E-state index contributed by atoms with van der Waals surface area (Å²) < 4.78 is 0. The normalized spacial score (nSPS) is 16.5. The maximum Gasteiger partial charge on any atom is 0.112 e. The molecule has 0 radical (unpaired) electrons. The highest BCUT2D eigenvalue weighted by molar-refractivity contribution is 5.87. The number of aromatic nitrogens is 2. The van der Waals surface area contributed by atoms with Crippen LogP contribution in [0.25, 0.3) is 11.0 Å². The van der Waals surface area contributed by atoms with Crippen molar-refractivity contribution in [2.45, 2.75) is 12.8 Å². The van der Waals surface area contributed by atoms with Crippen LogP contribution in [0.3, 0.4) is 0 Å². The van der Waals surface area contributed by atoms with Crippen LogP contribution in [0.5, 0.6) is 0 Å². The van der Waals surface area contributed by atoms with Crippen LogP contribution in [0.2, 0.25) is 0 Å². The third-order valence-electron chi connectivity index (χ3n) is 4.07. The molecule has 0 unspecified atom stereocenters. The molecule has 0 aliphatic carbocycles. The van der Waals surface area contributed by atoms with E-state index in [9.17, 15) is 0 Å². The van der Waals surface area contributed by atoms with Gasteiger partial charge >= 0.3 is 0 Å². The molecule has 21 heavy (non-hydrogen) atoms. The highest BCUT2D eigenvalue weighted by Crippen LogP contribution is 2.24. The van der Waals surface area contributed by atoms with E-state index in [1.165, 1.54) is 5.69 Å². The second kappa shape index (κ2) is 6.83. The predicted octanol–water partition coefficient (Wildman–Crippen LogP) is 1.52. The third-order valence-corrected chi connectivity index (χ3v) is 4.07. The molecule has 2 heterocycles. The van der Waals surface area contributed by atoms with Crippen LogP contribution in [0.4, 0.5) is 5.69 Å². The molecule has 1 fully saturated rings. The van der Waals surface area contributed by atoms with Gasteiger partial charge in [-0.05, 0) is 31.5 Å². The van der Waals surface area contributed by atoms with E-state index in [-0.39, 0.29) is 0 Å². The minimum atomic E-state index is 0.300. The van der Waals surface area contributed by atoms with Gasteiger partial charge in [0.25, 0.3) is 0 Å². The molecular weight excluding hydrogens is 264 g/mol. The molecule has 1 aliphatic heterocycles. The minimum absolute atomic E-state index is 0.300. The lowest BCUT2D eigenvalue weighted by molar-refractivity contribution is 0.232. The summed E-state index contributed by atoms with van der Waals surface area (Å²) in [6.07, 6.45) is 5.48. The third kappa shape index (κ3) is 3.31. The molecule has 5 heteroatoms. The fourth-order valence-electron chi connectivity index (χ4n) is 2.89. The minimum Gasteiger partial charge on any atom is -0.396 e. The van der Waals surface area contributed by atoms with Crippen LogP contribution in [-0.2, 0) is 0 Å². The molecule has 1 aliphatic rings. The van der Waals surface area contributed by atoms with Gasteiger partial charge in [-0.2, -0.15) is 0 Å². The number of aliphatic hydroxyl groups is 1. The quantitative estimate of drug-likeness (QED) is 0.845. The summed E-state index contributed by atoms with van der Waals surface area (Å²) in [5, 5.41) is 8.85. The molecule has 0 spiro atoms. The number of fused-ring (bicyclic) bond motifs is 1. The maximum absolute atomic E-state index is 8.85. The van der Waals surface area contributed by atoms with E-state index in [2.05, 4.69) is 31.9 Å². The Morgan fingerprint density at radius 1 is 1.00 bits per heavy atom. The van der Waals surface area contributed by atoms with Gasteiger partial charge in [0.2, 0.25) is 0 Å². The Morgan fingerprint density at radius 2 is 1.81 bits per heavy atom. The number of para-hydroxylation sites is 1. The van der Waals surface area contributed by atoms with Gasteiger partial charge in [-0.3, -0.25) is 14.9 Å². The summed E-state index contributed by atoms with van der Waals surface area (Å²) in [6.45, 7) is 5.58. The molecule has 5 nitrogen and oxygen atoms in total. The molecule has 0 amide bonds. The lowest BCUT2D eigenvalue weighted by atomic mass is 10.2. The number of nitrogens with zero attached hydrogens (tertiary/aromatic N) is 4. The molecule has 1 aromatic carbocycles. The molecule has 0 bridgehead atoms. The van der Waals surface area contributed by atoms with Gasteiger partial charge in [0.15, 0.2) is 0 Å². The second-order valence-electron chi connectivity index (χ2n) is 5.46. The summed E-state index contributed by atoms with van der Waals surface area (Å²) in [5.41, 5.74) is 3.14. The van der Waals surface area contributed by atoms with E-state index in [4.69, 9.17) is 5.11 Å². The first kappa shape index (κ1) is 14.2. The molecule has 1 saturated heterocycles. The van der Waals surface area contributed by atoms with Crippen LogP contribution in [0, 0.1) is 0 Å². The van der Waals surface area contributed by atoms with Crippen LogP contribution in [0.15, 0.2) is 30.6 Å². The summed E-state index contributed by atoms with van der Waals surface area (Å²) in [7, 11) is 0. The van der Waals surface area contributed by atoms with Crippen molar-refractivity contribution in [2.24, 2.45) is 0 Å². The van der Waals surface area contributed by atoms with Crippen molar-refractivity contribution in [3.8, 4) is 0 Å². The number of hydrogen-bond acceptors (Lipinski definition) is 5. The Labute approximate surface area is 125 Å². The van der Waals surface area contributed by atoms with Gasteiger partial charge in [-0.15, -0.1) is 0 Å². The zero-order chi connectivity index (χ0) is 14.5. The smallest absolute Gasteiger partial charge is 0.112 e. The van der Waals surface area contributed by atoms with Gasteiger partial charge in [0.05, 0.1) is 11.2 Å². The molecule has 1 N–H and O–H groups in total. The van der Waals surface area contributed by atoms with Crippen LogP contribution in [0.1, 0.15) is 12.8 Å². The molecular formula is C16H22N4O. The van der Waals surface area contributed by atoms with E-state index in [0.29, 0.717) is 6.61 Å². The fraction of sp³-hybridized carbons (Fsp3) is 0.500. The van der Waals surface area contributed by atoms with Crippen molar-refractivity contribution in [1.82, 2.24) is 14.9 Å². The standard InChI is InChI=1S/C16H22N4O/c21-13-2-1-8-19-9-11-20(12-10-19)15-5-3-4-14-16(15)18-7-6-17-14/h3-7,21H,1-2,8-13H2. The summed E-state index contributed by atoms with van der Waals surface area (Å²) in [6, 6.07) is 6.20. The zero-order valence-electron chi connectivity index (χ0n) is 12.3. The van der Waals surface area contributed by atoms with Crippen molar-refractivity contribution in [3.63, 3.8) is 0 Å². The fourth-order valence-corrected chi connectivity index (χ4v) is 2.89. The Hall–Kier alpha value is -1.72. The summed E-state index contributed by atoms with van der Waals surface area (Å²) >= 11 is 0. The van der Waals surface area contributed by atoms with Gasteiger partial charge in [-0.1, -0.05) is 6.07 Å². The molecule has 2 aromatic rings. The largest absolute Gasteiger partial charge is 0.396 e. The maximum atomic E-state index is 8.85. The van der Waals surface area contributed by atoms with Crippen molar-refractivity contribution >= 4 is 16.7 Å². The molecule has 3 rings (SSSR count). The number of hydrogen-bond donors (Lipinski definition) is 1. The number of rotatable bonds is 5. The van der Waals surface area contributed by atoms with Gasteiger partial charge in [0.1, 0.15) is 5.52 Å². The second-order valence-corrected chi connectivity index (χ2v) is 5.46. The molecule has 0 saturated carbocycles. The highest BCUT2D eigenvalue weighted by Gasteiger charge is 2.18. The Morgan fingerprint density at radius 3 is 2.62 bits per heavy atom. The Kier molecular flexibility index (Phi) is 4.62. The molecule has 1 aromatic heterocycles. The predicted molar refractivity (Wildman–Crippen MR) is 84.5 cm³/mol. The van der Waals surface area contributed by atoms with E-state index in [1.54, 1.807) is 12.4 Å². The Bertz CT molecular complexity index is 576. The van der Waals surface area contributed by atoms with Crippen molar-refractivity contribution in [2.75, 3.05) is 44.2 Å². The monoisotopic (exact) mass is 286 g/mol. The lowest BCUT2D eigenvalue weighted by Gasteiger charge is -2.36. The zero-order valence-corrected chi connectivity index (χ0v) is 12.3. The van der Waals surface area contributed by atoms with Crippen LogP contribution in [-0.4, -0.2) is 59.3 Å². The first-order valence-electron chi connectivity index (χ1n) is 7.66. The molecule has 112 valence electrons. The number of aliphatic hydroxyl groups excluding tert-OH is 1. The Balaban J connectivity index is 1.66. The van der Waals surface area contributed by atoms with Gasteiger partial charge in [-0.25, -0.2) is 0 Å². The van der Waals surface area contributed by atoms with Gasteiger partial charge in [0, 0.05) is 45.2 Å². The SMILES string of the molecule is OCCCCN1CCN(c2cccc3nccnc23)CC1. The van der Waals surface area contributed by atoms with E-state index in [1.807, 2.05) is 6.07 Å². The summed E-state index contributed by atoms with van der Waals surface area (Å²) in [5.74, 6) is 0. The number of unbranched alkanes of at least 4 members (excludes halogenated alkanes) is 1. The average molecular weight is 286 g/mol.